The molecule has 0 rings (SSSR count). The molecule has 0 aromatic heterocycles. The first-order valence-corrected chi connectivity index (χ1v) is 15.9. The summed E-state index contributed by atoms with van der Waals surface area (Å²) in [6, 6.07) is 0. The van der Waals surface area contributed by atoms with Gasteiger partial charge in [-0.2, -0.15) is 0 Å². The first-order chi connectivity index (χ1) is 20.7. The normalized spacial score (nSPS) is 16.1. The van der Waals surface area contributed by atoms with Gasteiger partial charge in [-0.1, -0.05) is 143 Å². The molecule has 0 radical (unpaired) electrons. The molecule has 0 aliphatic carbocycles. The van der Waals surface area contributed by atoms with Crippen molar-refractivity contribution >= 4 is 0 Å². The summed E-state index contributed by atoms with van der Waals surface area (Å²) < 4.78 is 10.9. The van der Waals surface area contributed by atoms with Gasteiger partial charge in [-0.25, -0.2) is 0 Å². The van der Waals surface area contributed by atoms with Gasteiger partial charge in [0.1, 0.15) is 0 Å². The second-order valence-electron chi connectivity index (χ2n) is 12.7. The molecule has 44 heavy (non-hydrogen) atoms. The lowest BCUT2D eigenvalue weighted by Crippen LogP contribution is -2.20. The first kappa shape index (κ1) is 40.8. The Morgan fingerprint density at radius 1 is 0.477 bits per heavy atom. The highest BCUT2D eigenvalue weighted by Crippen LogP contribution is 2.15. The van der Waals surface area contributed by atoms with Gasteiger partial charge in [-0.15, -0.1) is 0 Å². The second kappa shape index (κ2) is 23.2. The molecule has 0 atom stereocenters. The molecule has 0 fully saturated rings. The standard InChI is InChI=1S/C42H62O2/c1-35(23-15-25-37(3)27-17-29-39(5)31-19-33-41(7,8)43-11)21-13-14-22-36(2)24-16-26-38(4)28-18-30-40(6)32-20-34-42(9,10)44-12/h13-15,17-23,25-32H,16,24,33-34H2,1-12H3/b14-13+,23-15+,27-17+,28-18+,31-19+,32-20+,35-21+,36-22+,37-25+,38-26+,39-29+,40-30+. The van der Waals surface area contributed by atoms with E-state index in [2.05, 4.69) is 179 Å². The maximum absolute atomic E-state index is 5.46. The second-order valence-corrected chi connectivity index (χ2v) is 12.7. The molecule has 2 heteroatoms. The third kappa shape index (κ3) is 24.3. The van der Waals surface area contributed by atoms with Crippen molar-refractivity contribution in [3.8, 4) is 0 Å². The average molecular weight is 599 g/mol. The van der Waals surface area contributed by atoms with Crippen molar-refractivity contribution in [2.45, 2.75) is 106 Å². The number of rotatable bonds is 19. The van der Waals surface area contributed by atoms with Crippen LogP contribution in [0.5, 0.6) is 0 Å². The molecule has 0 saturated heterocycles. The summed E-state index contributed by atoms with van der Waals surface area (Å²) >= 11 is 0. The van der Waals surface area contributed by atoms with Gasteiger partial charge >= 0.3 is 0 Å². The third-order valence-electron chi connectivity index (χ3n) is 7.10. The average Bonchev–Trinajstić information content (AvgIpc) is 2.95. The van der Waals surface area contributed by atoms with Crippen molar-refractivity contribution in [2.75, 3.05) is 14.2 Å². The van der Waals surface area contributed by atoms with Crippen LogP contribution in [0.15, 0.2) is 143 Å². The first-order valence-electron chi connectivity index (χ1n) is 15.9. The summed E-state index contributed by atoms with van der Waals surface area (Å²) in [4.78, 5) is 0. The van der Waals surface area contributed by atoms with Gasteiger partial charge in [0.2, 0.25) is 0 Å². The molecule has 0 aromatic carbocycles. The predicted octanol–water partition coefficient (Wildman–Crippen LogP) is 12.4. The predicted molar refractivity (Wildman–Crippen MR) is 198 cm³/mol. The topological polar surface area (TPSA) is 18.5 Å². The van der Waals surface area contributed by atoms with Crippen LogP contribution >= 0.6 is 0 Å². The van der Waals surface area contributed by atoms with Gasteiger partial charge in [-0.3, -0.25) is 0 Å². The lowest BCUT2D eigenvalue weighted by molar-refractivity contribution is 0.0252. The molecule has 0 saturated carbocycles. The van der Waals surface area contributed by atoms with Crippen molar-refractivity contribution in [3.05, 3.63) is 143 Å². The maximum atomic E-state index is 5.46. The van der Waals surface area contributed by atoms with E-state index in [1.54, 1.807) is 14.2 Å². The van der Waals surface area contributed by atoms with Crippen molar-refractivity contribution in [2.24, 2.45) is 0 Å². The molecule has 2 nitrogen and oxygen atoms in total. The van der Waals surface area contributed by atoms with Crippen LogP contribution in [0.2, 0.25) is 0 Å². The van der Waals surface area contributed by atoms with Crippen LogP contribution in [-0.4, -0.2) is 25.4 Å². The Labute approximate surface area is 272 Å². The van der Waals surface area contributed by atoms with Gasteiger partial charge < -0.3 is 9.47 Å². The minimum Gasteiger partial charge on any atom is -0.378 e. The number of allylic oxidation sites excluding steroid dienone is 22. The van der Waals surface area contributed by atoms with Crippen LogP contribution < -0.4 is 0 Å². The number of ether oxygens (including phenoxy) is 2. The van der Waals surface area contributed by atoms with E-state index >= 15 is 0 Å². The Hall–Kier alpha value is -3.20. The van der Waals surface area contributed by atoms with Gasteiger partial charge in [0.25, 0.3) is 0 Å². The Bertz CT molecular complexity index is 1210. The van der Waals surface area contributed by atoms with E-state index in [0.717, 1.165) is 25.7 Å². The Balaban J connectivity index is 4.67. The quantitative estimate of drug-likeness (QED) is 0.138. The van der Waals surface area contributed by atoms with E-state index in [4.69, 9.17) is 9.47 Å². The van der Waals surface area contributed by atoms with Gasteiger partial charge in [0.05, 0.1) is 11.2 Å². The summed E-state index contributed by atoms with van der Waals surface area (Å²) in [6.07, 6.45) is 42.6. The van der Waals surface area contributed by atoms with E-state index in [1.807, 2.05) is 0 Å². The molecule has 0 aliphatic heterocycles. The molecular weight excluding hydrogens is 536 g/mol. The van der Waals surface area contributed by atoms with Gasteiger partial charge in [-0.05, 0) is 94.9 Å². The summed E-state index contributed by atoms with van der Waals surface area (Å²) in [5.74, 6) is 0. The van der Waals surface area contributed by atoms with Crippen LogP contribution in [0.4, 0.5) is 0 Å². The van der Waals surface area contributed by atoms with Crippen LogP contribution in [0.1, 0.15) is 94.9 Å². The largest absolute Gasteiger partial charge is 0.378 e. The highest BCUT2D eigenvalue weighted by Gasteiger charge is 2.13. The molecule has 0 unspecified atom stereocenters. The minimum atomic E-state index is -0.121. The van der Waals surface area contributed by atoms with Crippen molar-refractivity contribution < 1.29 is 9.47 Å². The highest BCUT2D eigenvalue weighted by molar-refractivity contribution is 5.31. The van der Waals surface area contributed by atoms with Crippen LogP contribution in [-0.2, 0) is 9.47 Å². The van der Waals surface area contributed by atoms with E-state index in [0.29, 0.717) is 0 Å². The smallest absolute Gasteiger partial charge is 0.0657 e. The monoisotopic (exact) mass is 598 g/mol. The van der Waals surface area contributed by atoms with Crippen LogP contribution in [0, 0.1) is 0 Å². The molecule has 0 aliphatic rings. The SMILES string of the molecule is COC(C)(C)C/C=C/C(C)=C/C=C/C(C)=C/C=C/C(C)=C/C=C/C=C(\C)CC/C=C(C)/C=C/C=C(C)/C=C/CC(C)(C)OC. The Kier molecular flexibility index (Phi) is 21.5. The summed E-state index contributed by atoms with van der Waals surface area (Å²) in [5, 5.41) is 0. The summed E-state index contributed by atoms with van der Waals surface area (Å²) in [6.45, 7) is 21.2. The molecular formula is C42H62O2. The van der Waals surface area contributed by atoms with E-state index in [9.17, 15) is 0 Å². The third-order valence-corrected chi connectivity index (χ3v) is 7.10. The van der Waals surface area contributed by atoms with Crippen LogP contribution in [0.3, 0.4) is 0 Å². The van der Waals surface area contributed by atoms with Gasteiger partial charge in [0, 0.05) is 14.2 Å². The van der Waals surface area contributed by atoms with Gasteiger partial charge in [0.15, 0.2) is 0 Å². The lowest BCUT2D eigenvalue weighted by atomic mass is 10.0. The highest BCUT2D eigenvalue weighted by atomic mass is 16.5. The fourth-order valence-corrected chi connectivity index (χ4v) is 3.61. The number of methoxy groups -OCH3 is 2. The van der Waals surface area contributed by atoms with E-state index in [-0.39, 0.29) is 11.2 Å². The Morgan fingerprint density at radius 3 is 1.27 bits per heavy atom. The number of hydrogen-bond donors (Lipinski definition) is 0. The molecule has 0 bridgehead atoms. The Morgan fingerprint density at radius 2 is 0.841 bits per heavy atom. The van der Waals surface area contributed by atoms with Crippen molar-refractivity contribution in [1.29, 1.82) is 0 Å². The maximum Gasteiger partial charge on any atom is 0.0657 e. The van der Waals surface area contributed by atoms with Crippen molar-refractivity contribution in [1.82, 2.24) is 0 Å². The number of hydrogen-bond acceptors (Lipinski definition) is 2. The molecule has 0 aromatic rings. The zero-order chi connectivity index (χ0) is 33.4. The zero-order valence-electron chi connectivity index (χ0n) is 30.0. The van der Waals surface area contributed by atoms with Crippen LogP contribution in [0.25, 0.3) is 0 Å². The minimum absolute atomic E-state index is 0.116. The fraction of sp³-hybridized carbons (Fsp3) is 0.429. The molecule has 0 N–H and O–H groups in total. The lowest BCUT2D eigenvalue weighted by Gasteiger charge is -2.20. The molecule has 0 heterocycles. The van der Waals surface area contributed by atoms with E-state index < -0.39 is 0 Å². The fourth-order valence-electron chi connectivity index (χ4n) is 3.61. The summed E-state index contributed by atoms with van der Waals surface area (Å²) in [7, 11) is 3.51. The zero-order valence-corrected chi connectivity index (χ0v) is 30.0. The molecule has 242 valence electrons. The van der Waals surface area contributed by atoms with Crippen molar-refractivity contribution in [3.63, 3.8) is 0 Å². The molecule has 0 spiro atoms. The summed E-state index contributed by atoms with van der Waals surface area (Å²) in [5.41, 5.74) is 7.29. The molecule has 0 amide bonds. The van der Waals surface area contributed by atoms with E-state index in [1.165, 1.54) is 33.4 Å².